The van der Waals surface area contributed by atoms with Gasteiger partial charge in [-0.1, -0.05) is 0 Å². The molecule has 0 aliphatic carbocycles. The van der Waals surface area contributed by atoms with E-state index in [2.05, 4.69) is 37.6 Å². The van der Waals surface area contributed by atoms with E-state index >= 15 is 0 Å². The first-order chi connectivity index (χ1) is 7.20. The van der Waals surface area contributed by atoms with Crippen LogP contribution in [0.1, 0.15) is 0 Å². The Morgan fingerprint density at radius 2 is 2.27 bits per heavy atom. The normalized spacial score (nSPS) is 10.6. The lowest BCUT2D eigenvalue weighted by Gasteiger charge is -1.93. The van der Waals surface area contributed by atoms with Gasteiger partial charge >= 0.3 is 0 Å². The van der Waals surface area contributed by atoms with Crippen molar-refractivity contribution < 1.29 is 4.39 Å². The molecule has 0 aliphatic heterocycles. The summed E-state index contributed by atoms with van der Waals surface area (Å²) in [6.45, 7) is 0. The minimum Gasteiger partial charge on any atom is -0.261 e. The maximum absolute atomic E-state index is 12.9. The van der Waals surface area contributed by atoms with E-state index in [-0.39, 0.29) is 5.82 Å². The molecule has 0 N–H and O–H groups in total. The first-order valence-electron chi connectivity index (χ1n) is 3.79. The van der Waals surface area contributed by atoms with Crippen LogP contribution in [-0.4, -0.2) is 9.97 Å². The van der Waals surface area contributed by atoms with Gasteiger partial charge < -0.3 is 0 Å². The molecular formula is C8H4BrFN2S3. The number of nitrogens with zero attached hydrogens (tertiary/aromatic N) is 2. The number of thiol groups is 1. The van der Waals surface area contributed by atoms with Crippen LogP contribution in [0.15, 0.2) is 27.3 Å². The Morgan fingerprint density at radius 3 is 2.87 bits per heavy atom. The smallest absolute Gasteiger partial charge is 0.142 e. The van der Waals surface area contributed by atoms with E-state index in [1.807, 2.05) is 0 Å². The predicted octanol–water partition coefficient (Wildman–Crippen LogP) is 4.04. The van der Waals surface area contributed by atoms with Crippen LogP contribution in [0, 0.1) is 5.82 Å². The van der Waals surface area contributed by atoms with Gasteiger partial charge in [0.2, 0.25) is 0 Å². The highest BCUT2D eigenvalue weighted by atomic mass is 79.9. The van der Waals surface area contributed by atoms with Gasteiger partial charge in [-0.25, -0.2) is 9.37 Å². The molecule has 0 fully saturated rings. The molecule has 0 bridgehead atoms. The van der Waals surface area contributed by atoms with Crippen molar-refractivity contribution in [2.24, 2.45) is 0 Å². The van der Waals surface area contributed by atoms with Gasteiger partial charge in [0, 0.05) is 11.8 Å². The molecule has 0 aromatic carbocycles. The molecular weight excluding hydrogens is 319 g/mol. The Kier molecular flexibility index (Phi) is 3.65. The van der Waals surface area contributed by atoms with E-state index in [0.29, 0.717) is 5.56 Å². The van der Waals surface area contributed by atoms with Crippen molar-refractivity contribution in [3.8, 4) is 10.6 Å². The van der Waals surface area contributed by atoms with Crippen molar-refractivity contribution in [1.29, 1.82) is 0 Å². The second-order valence-electron chi connectivity index (χ2n) is 2.58. The third-order valence-corrected chi connectivity index (χ3v) is 5.37. The minimum atomic E-state index is -0.362. The standard InChI is InChI=1S/C8H4BrFN2S3/c9-6-8(15-13)14-7(12-6)4-1-5(10)3-11-2-4/h1-3,13H. The number of hydrogen-bond acceptors (Lipinski definition) is 5. The van der Waals surface area contributed by atoms with Crippen LogP contribution in [0.4, 0.5) is 4.39 Å². The van der Waals surface area contributed by atoms with Gasteiger partial charge in [-0.05, 0) is 32.8 Å². The largest absolute Gasteiger partial charge is 0.261 e. The summed E-state index contributed by atoms with van der Waals surface area (Å²) < 4.78 is 14.6. The zero-order valence-electron chi connectivity index (χ0n) is 7.15. The molecule has 0 spiro atoms. The van der Waals surface area contributed by atoms with Crippen LogP contribution < -0.4 is 0 Å². The molecule has 15 heavy (non-hydrogen) atoms. The number of pyridine rings is 1. The van der Waals surface area contributed by atoms with Gasteiger partial charge in [0.1, 0.15) is 19.6 Å². The molecule has 0 amide bonds. The molecule has 7 heteroatoms. The van der Waals surface area contributed by atoms with E-state index in [1.165, 1.54) is 34.4 Å². The number of rotatable bonds is 2. The van der Waals surface area contributed by atoms with Crippen LogP contribution in [0.2, 0.25) is 0 Å². The third kappa shape index (κ3) is 2.52. The summed E-state index contributed by atoms with van der Waals surface area (Å²) in [5.41, 5.74) is 0.675. The molecule has 2 nitrogen and oxygen atoms in total. The fourth-order valence-corrected chi connectivity index (χ4v) is 3.93. The zero-order valence-corrected chi connectivity index (χ0v) is 11.3. The van der Waals surface area contributed by atoms with Crippen LogP contribution in [0.25, 0.3) is 10.6 Å². The van der Waals surface area contributed by atoms with Gasteiger partial charge in [-0.15, -0.1) is 23.0 Å². The second-order valence-corrected chi connectivity index (χ2v) is 5.73. The predicted molar refractivity (Wildman–Crippen MR) is 67.8 cm³/mol. The molecule has 0 saturated heterocycles. The first-order valence-corrected chi connectivity index (χ1v) is 7.27. The number of aromatic nitrogens is 2. The monoisotopic (exact) mass is 322 g/mol. The Morgan fingerprint density at radius 1 is 1.47 bits per heavy atom. The fourth-order valence-electron chi connectivity index (χ4n) is 0.996. The van der Waals surface area contributed by atoms with Crippen molar-refractivity contribution in [2.45, 2.75) is 4.21 Å². The third-order valence-electron chi connectivity index (χ3n) is 1.59. The van der Waals surface area contributed by atoms with Crippen molar-refractivity contribution in [2.75, 3.05) is 0 Å². The van der Waals surface area contributed by atoms with E-state index in [0.717, 1.165) is 13.8 Å². The molecule has 2 aromatic heterocycles. The van der Waals surface area contributed by atoms with Crippen LogP contribution in [0.5, 0.6) is 0 Å². The average Bonchev–Trinajstić information content (AvgIpc) is 2.60. The van der Waals surface area contributed by atoms with Gasteiger partial charge in [0.15, 0.2) is 0 Å². The Balaban J connectivity index is 2.45. The number of halogens is 2. The van der Waals surface area contributed by atoms with Gasteiger partial charge in [0.25, 0.3) is 0 Å². The second kappa shape index (κ2) is 4.82. The average molecular weight is 323 g/mol. The summed E-state index contributed by atoms with van der Waals surface area (Å²) in [6.07, 6.45) is 2.75. The molecule has 0 unspecified atom stereocenters. The van der Waals surface area contributed by atoms with Crippen LogP contribution in [0.3, 0.4) is 0 Å². The molecule has 0 radical (unpaired) electrons. The lowest BCUT2D eigenvalue weighted by atomic mass is 10.3. The van der Waals surface area contributed by atoms with Gasteiger partial charge in [0.05, 0.1) is 6.20 Å². The topological polar surface area (TPSA) is 25.8 Å². The molecule has 2 heterocycles. The SMILES string of the molecule is Fc1cncc(-c2nc(Br)c(SS)s2)c1. The highest BCUT2D eigenvalue weighted by Crippen LogP contribution is 2.38. The molecule has 2 rings (SSSR count). The summed E-state index contributed by atoms with van der Waals surface area (Å²) in [6, 6.07) is 1.41. The summed E-state index contributed by atoms with van der Waals surface area (Å²) in [5.74, 6) is -0.362. The first kappa shape index (κ1) is 11.4. The molecule has 0 atom stereocenters. The number of hydrogen-bond donors (Lipinski definition) is 1. The highest BCUT2D eigenvalue weighted by molar-refractivity contribution is 9.10. The minimum absolute atomic E-state index is 0.362. The van der Waals surface area contributed by atoms with Gasteiger partial charge in [-0.3, -0.25) is 4.98 Å². The van der Waals surface area contributed by atoms with E-state index in [9.17, 15) is 4.39 Å². The highest BCUT2D eigenvalue weighted by Gasteiger charge is 2.10. The summed E-state index contributed by atoms with van der Waals surface area (Å²) >= 11 is 8.85. The maximum atomic E-state index is 12.9. The molecule has 78 valence electrons. The van der Waals surface area contributed by atoms with E-state index in [4.69, 9.17) is 0 Å². The Bertz CT molecular complexity index is 488. The zero-order chi connectivity index (χ0) is 10.8. The van der Waals surface area contributed by atoms with E-state index < -0.39 is 0 Å². The van der Waals surface area contributed by atoms with Crippen molar-refractivity contribution >= 4 is 49.7 Å². The molecule has 0 saturated carbocycles. The maximum Gasteiger partial charge on any atom is 0.142 e. The lowest BCUT2D eigenvalue weighted by Crippen LogP contribution is -1.81. The fraction of sp³-hybridized carbons (Fsp3) is 0. The van der Waals surface area contributed by atoms with E-state index in [1.54, 1.807) is 6.20 Å². The van der Waals surface area contributed by atoms with Crippen molar-refractivity contribution in [3.05, 3.63) is 28.9 Å². The Labute approximate surface area is 107 Å². The molecule has 2 aromatic rings. The summed E-state index contributed by atoms with van der Waals surface area (Å²) in [5, 5.41) is 0.727. The summed E-state index contributed by atoms with van der Waals surface area (Å²) in [7, 11) is 1.30. The quantitative estimate of drug-likeness (QED) is 0.667. The molecule has 0 aliphatic rings. The van der Waals surface area contributed by atoms with Gasteiger partial charge in [-0.2, -0.15) is 0 Å². The lowest BCUT2D eigenvalue weighted by molar-refractivity contribution is 0.622. The Hall–Kier alpha value is -0.110. The van der Waals surface area contributed by atoms with Crippen molar-refractivity contribution in [1.82, 2.24) is 9.97 Å². The number of thiazole rings is 1. The van der Waals surface area contributed by atoms with Crippen LogP contribution >= 0.6 is 49.7 Å². The summed E-state index contributed by atoms with van der Waals surface area (Å²) in [4.78, 5) is 8.03. The van der Waals surface area contributed by atoms with Crippen molar-refractivity contribution in [3.63, 3.8) is 0 Å². The van der Waals surface area contributed by atoms with Crippen LogP contribution in [-0.2, 0) is 0 Å².